The van der Waals surface area contributed by atoms with Gasteiger partial charge in [-0.25, -0.2) is 4.98 Å². The molecule has 0 bridgehead atoms. The van der Waals surface area contributed by atoms with Gasteiger partial charge in [0.15, 0.2) is 0 Å². The van der Waals surface area contributed by atoms with Gasteiger partial charge in [-0.15, -0.1) is 0 Å². The summed E-state index contributed by atoms with van der Waals surface area (Å²) in [6.07, 6.45) is -2.96. The number of hydrogen-bond donors (Lipinski definition) is 2. The lowest BCUT2D eigenvalue weighted by Crippen LogP contribution is -2.24. The van der Waals surface area contributed by atoms with Crippen LogP contribution in [0.2, 0.25) is 0 Å². The molecule has 1 unspecified atom stereocenters. The van der Waals surface area contributed by atoms with Crippen LogP contribution in [0, 0.1) is 0 Å². The molecule has 5 rings (SSSR count). The fourth-order valence-corrected chi connectivity index (χ4v) is 4.85. The smallest absolute Gasteiger partial charge is 0.416 e. The van der Waals surface area contributed by atoms with Gasteiger partial charge in [0.25, 0.3) is 5.89 Å². The molecule has 1 aromatic carbocycles. The van der Waals surface area contributed by atoms with Crippen molar-refractivity contribution < 1.29 is 27.6 Å². The molecule has 1 aliphatic rings. The number of hydrogen-bond acceptors (Lipinski definition) is 6. The Morgan fingerprint density at radius 2 is 1.97 bits per heavy atom. The molecule has 0 aliphatic heterocycles. The van der Waals surface area contributed by atoms with Gasteiger partial charge in [0.1, 0.15) is 11.5 Å². The second-order valence-electron chi connectivity index (χ2n) is 8.80. The van der Waals surface area contributed by atoms with Crippen molar-refractivity contribution in [2.24, 2.45) is 0 Å². The number of halogens is 3. The summed E-state index contributed by atoms with van der Waals surface area (Å²) in [6.45, 7) is 4.67. The Morgan fingerprint density at radius 1 is 1.19 bits per heavy atom. The van der Waals surface area contributed by atoms with E-state index in [1.165, 1.54) is 0 Å². The molecule has 3 aromatic heterocycles. The molecule has 0 saturated heterocycles. The first-order chi connectivity index (χ1) is 17.2. The van der Waals surface area contributed by atoms with E-state index in [4.69, 9.17) is 4.52 Å². The Balaban J connectivity index is 1.52. The zero-order chi connectivity index (χ0) is 25.6. The van der Waals surface area contributed by atoms with Crippen molar-refractivity contribution in [3.8, 4) is 23.0 Å². The molecule has 11 heteroatoms. The summed E-state index contributed by atoms with van der Waals surface area (Å²) < 4.78 is 46.1. The van der Waals surface area contributed by atoms with Crippen molar-refractivity contribution >= 4 is 22.7 Å². The van der Waals surface area contributed by atoms with Gasteiger partial charge in [0, 0.05) is 41.2 Å². The monoisotopic (exact) mass is 499 g/mol. The van der Waals surface area contributed by atoms with E-state index in [9.17, 15) is 23.1 Å². The van der Waals surface area contributed by atoms with Gasteiger partial charge in [-0.2, -0.15) is 18.2 Å². The number of rotatable bonds is 7. The molecule has 188 valence electrons. The van der Waals surface area contributed by atoms with Crippen LogP contribution in [-0.4, -0.2) is 44.3 Å². The minimum atomic E-state index is -4.55. The zero-order valence-electron chi connectivity index (χ0n) is 19.7. The van der Waals surface area contributed by atoms with Crippen molar-refractivity contribution in [3.05, 3.63) is 47.2 Å². The van der Waals surface area contributed by atoms with Gasteiger partial charge in [0.05, 0.1) is 12.0 Å². The number of carboxylic acid groups (broad SMARTS) is 1. The van der Waals surface area contributed by atoms with E-state index in [-0.39, 0.29) is 35.6 Å². The van der Waals surface area contributed by atoms with Crippen molar-refractivity contribution in [3.63, 3.8) is 0 Å². The number of pyridine rings is 1. The van der Waals surface area contributed by atoms with Crippen LogP contribution >= 0.6 is 0 Å². The molecule has 0 spiro atoms. The van der Waals surface area contributed by atoms with Crippen molar-refractivity contribution in [2.75, 3.05) is 18.0 Å². The van der Waals surface area contributed by atoms with Crippen LogP contribution in [0.5, 0.6) is 0 Å². The van der Waals surface area contributed by atoms with Crippen LogP contribution in [0.3, 0.4) is 0 Å². The van der Waals surface area contributed by atoms with E-state index in [0.29, 0.717) is 18.7 Å². The van der Waals surface area contributed by atoms with E-state index in [0.717, 1.165) is 47.1 Å². The molecule has 1 aliphatic carbocycles. The number of aliphatic carboxylic acids is 1. The first-order valence-corrected chi connectivity index (χ1v) is 11.7. The molecule has 0 amide bonds. The third-order valence-corrected chi connectivity index (χ3v) is 6.64. The number of nitrogens with zero attached hydrogens (tertiary/aromatic N) is 4. The van der Waals surface area contributed by atoms with Gasteiger partial charge in [-0.3, -0.25) is 4.79 Å². The van der Waals surface area contributed by atoms with E-state index >= 15 is 0 Å². The van der Waals surface area contributed by atoms with E-state index in [1.807, 2.05) is 26.0 Å². The quantitative estimate of drug-likeness (QED) is 0.338. The molecule has 4 aromatic rings. The molecule has 36 heavy (non-hydrogen) atoms. The highest BCUT2D eigenvalue weighted by molar-refractivity contribution is 5.89. The van der Waals surface area contributed by atoms with Gasteiger partial charge < -0.3 is 19.5 Å². The Labute approximate surface area is 204 Å². The Hall–Kier alpha value is -3.89. The predicted octanol–water partition coefficient (Wildman–Crippen LogP) is 5.65. The third-order valence-electron chi connectivity index (χ3n) is 6.64. The largest absolute Gasteiger partial charge is 0.481 e. The van der Waals surface area contributed by atoms with Crippen LogP contribution in [0.15, 0.2) is 34.9 Å². The maximum Gasteiger partial charge on any atom is 0.416 e. The molecular weight excluding hydrogens is 475 g/mol. The number of fused-ring (bicyclic) bond motifs is 3. The SMILES string of the molecule is CCN(CC)c1cc(C(F)(F)F)cc(-c2nc(-c3ccc4[nH]c5c(c4c3)CCC5CC(=O)O)no2)n1. The van der Waals surface area contributed by atoms with Crippen LogP contribution in [-0.2, 0) is 17.4 Å². The number of nitrogens with one attached hydrogen (secondary N) is 1. The average molecular weight is 499 g/mol. The van der Waals surface area contributed by atoms with Crippen LogP contribution < -0.4 is 4.90 Å². The number of aromatic amines is 1. The summed E-state index contributed by atoms with van der Waals surface area (Å²) in [4.78, 5) is 25.0. The predicted molar refractivity (Wildman–Crippen MR) is 127 cm³/mol. The number of H-pyrrole nitrogens is 1. The highest BCUT2D eigenvalue weighted by Crippen LogP contribution is 2.40. The lowest BCUT2D eigenvalue weighted by atomic mass is 10.0. The standard InChI is InChI=1S/C25H24F3N5O3/c1-3-33(4-2)20-12-15(25(26,27)28)11-19(29-20)24-31-23(32-36-24)14-6-8-18-17(9-14)16-7-5-13(10-21(34)35)22(16)30-18/h6,8-9,11-13,30H,3-5,7,10H2,1-2H3,(H,34,35). The number of aromatic nitrogens is 4. The molecule has 0 saturated carbocycles. The molecule has 0 radical (unpaired) electrons. The number of benzene rings is 1. The molecule has 2 N–H and O–H groups in total. The number of carbonyl (C=O) groups is 1. The van der Waals surface area contributed by atoms with Crippen LogP contribution in [0.25, 0.3) is 33.9 Å². The Bertz CT molecular complexity index is 1440. The fraction of sp³-hybridized carbons (Fsp3) is 0.360. The highest BCUT2D eigenvalue weighted by atomic mass is 19.4. The zero-order valence-corrected chi connectivity index (χ0v) is 19.7. The Morgan fingerprint density at radius 3 is 2.67 bits per heavy atom. The summed E-state index contributed by atoms with van der Waals surface area (Å²) in [7, 11) is 0. The maximum atomic E-state index is 13.6. The van der Waals surface area contributed by atoms with Crippen molar-refractivity contribution in [2.45, 2.75) is 45.2 Å². The number of aryl methyl sites for hydroxylation is 1. The van der Waals surface area contributed by atoms with E-state index < -0.39 is 17.7 Å². The molecule has 3 heterocycles. The first kappa shape index (κ1) is 23.8. The lowest BCUT2D eigenvalue weighted by molar-refractivity contribution is -0.138. The summed E-state index contributed by atoms with van der Waals surface area (Å²) in [6, 6.07) is 7.47. The fourth-order valence-electron chi connectivity index (χ4n) is 4.85. The summed E-state index contributed by atoms with van der Waals surface area (Å²) >= 11 is 0. The van der Waals surface area contributed by atoms with Gasteiger partial charge in [-0.1, -0.05) is 5.16 Å². The number of anilines is 1. The molecular formula is C25H24F3N5O3. The minimum Gasteiger partial charge on any atom is -0.481 e. The van der Waals surface area contributed by atoms with Gasteiger partial charge >= 0.3 is 12.1 Å². The van der Waals surface area contributed by atoms with Crippen molar-refractivity contribution in [1.29, 1.82) is 0 Å². The average Bonchev–Trinajstić information content (AvgIpc) is 3.55. The summed E-state index contributed by atoms with van der Waals surface area (Å²) in [5.74, 6) is -0.586. The number of alkyl halides is 3. The topological polar surface area (TPSA) is 108 Å². The van der Waals surface area contributed by atoms with Crippen molar-refractivity contribution in [1.82, 2.24) is 20.1 Å². The molecule has 0 fully saturated rings. The van der Waals surface area contributed by atoms with E-state index in [1.54, 1.807) is 11.0 Å². The second kappa shape index (κ2) is 8.96. The molecule has 1 atom stereocenters. The van der Waals surface area contributed by atoms with Crippen LogP contribution in [0.4, 0.5) is 19.0 Å². The minimum absolute atomic E-state index is 0.0504. The highest BCUT2D eigenvalue weighted by Gasteiger charge is 2.33. The molecule has 8 nitrogen and oxygen atoms in total. The lowest BCUT2D eigenvalue weighted by Gasteiger charge is -2.21. The summed E-state index contributed by atoms with van der Waals surface area (Å²) in [5.41, 5.74) is 2.64. The van der Waals surface area contributed by atoms with Gasteiger partial charge in [0.2, 0.25) is 5.82 Å². The number of carboxylic acids is 1. The van der Waals surface area contributed by atoms with Gasteiger partial charge in [-0.05, 0) is 62.6 Å². The normalized spacial score (nSPS) is 15.4. The Kier molecular flexibility index (Phi) is 5.93. The maximum absolute atomic E-state index is 13.6. The second-order valence-corrected chi connectivity index (χ2v) is 8.80. The van der Waals surface area contributed by atoms with Crippen LogP contribution in [0.1, 0.15) is 49.4 Å². The van der Waals surface area contributed by atoms with E-state index in [2.05, 4.69) is 20.1 Å². The summed E-state index contributed by atoms with van der Waals surface area (Å²) in [5, 5.41) is 14.1. The first-order valence-electron chi connectivity index (χ1n) is 11.7. The third kappa shape index (κ3) is 4.29.